The van der Waals surface area contributed by atoms with Gasteiger partial charge >= 0.3 is 0 Å². The van der Waals surface area contributed by atoms with E-state index in [1.165, 1.54) is 32.1 Å². The van der Waals surface area contributed by atoms with Gasteiger partial charge in [-0.05, 0) is 37.5 Å². The number of methoxy groups -OCH3 is 1. The molecule has 4 atom stereocenters. The van der Waals surface area contributed by atoms with E-state index < -0.39 is 5.97 Å². The molecule has 0 unspecified atom stereocenters. The maximum Gasteiger partial charge on any atom is 0.285 e. The van der Waals surface area contributed by atoms with Gasteiger partial charge in [-0.25, -0.2) is 0 Å². The summed E-state index contributed by atoms with van der Waals surface area (Å²) in [5.41, 5.74) is 0. The smallest absolute Gasteiger partial charge is 0.285 e. The second-order valence-electron chi connectivity index (χ2n) is 5.42. The topological polar surface area (TPSA) is 27.7 Å². The van der Waals surface area contributed by atoms with Crippen LogP contribution in [0.1, 0.15) is 38.5 Å². The largest absolute Gasteiger partial charge is 0.331 e. The van der Waals surface area contributed by atoms with Crippen LogP contribution in [0, 0.1) is 17.8 Å². The average molecular weight is 226 g/mol. The molecule has 0 radical (unpaired) electrons. The molecule has 0 aromatic carbocycles. The van der Waals surface area contributed by atoms with Crippen molar-refractivity contribution >= 4 is 0 Å². The van der Waals surface area contributed by atoms with Crippen LogP contribution in [0.5, 0.6) is 0 Å². The molecule has 0 spiro atoms. The molecule has 2 saturated heterocycles. The highest BCUT2D eigenvalue weighted by atomic mass is 16.9. The Morgan fingerprint density at radius 2 is 1.94 bits per heavy atom. The zero-order valence-electron chi connectivity index (χ0n) is 10.1. The van der Waals surface area contributed by atoms with Gasteiger partial charge < -0.3 is 14.2 Å². The van der Waals surface area contributed by atoms with E-state index >= 15 is 0 Å². The van der Waals surface area contributed by atoms with Crippen molar-refractivity contribution < 1.29 is 14.2 Å². The Labute approximate surface area is 97.4 Å². The summed E-state index contributed by atoms with van der Waals surface area (Å²) in [6.45, 7) is 1.61. The third-order valence-corrected chi connectivity index (χ3v) is 4.68. The van der Waals surface area contributed by atoms with E-state index in [0.29, 0.717) is 5.92 Å². The van der Waals surface area contributed by atoms with Gasteiger partial charge in [0, 0.05) is 13.0 Å². The highest BCUT2D eigenvalue weighted by molar-refractivity contribution is 4.91. The van der Waals surface area contributed by atoms with Crippen LogP contribution in [0.2, 0.25) is 0 Å². The molecular formula is C13H22O3. The predicted octanol–water partition coefficient (Wildman–Crippen LogP) is 2.55. The van der Waals surface area contributed by atoms with Gasteiger partial charge in [0.05, 0.1) is 13.2 Å². The van der Waals surface area contributed by atoms with Gasteiger partial charge in [0.25, 0.3) is 5.97 Å². The summed E-state index contributed by atoms with van der Waals surface area (Å²) in [6, 6.07) is 0. The molecule has 2 heterocycles. The molecule has 0 aromatic heterocycles. The van der Waals surface area contributed by atoms with Crippen LogP contribution >= 0.6 is 0 Å². The number of fused-ring (bicyclic) bond motifs is 3. The first-order valence-corrected chi connectivity index (χ1v) is 6.69. The van der Waals surface area contributed by atoms with E-state index in [1.807, 2.05) is 0 Å². The molecule has 2 aliphatic heterocycles. The minimum Gasteiger partial charge on any atom is -0.331 e. The summed E-state index contributed by atoms with van der Waals surface area (Å²) in [6.07, 6.45) is 7.78. The molecule has 3 fully saturated rings. The van der Waals surface area contributed by atoms with Crippen molar-refractivity contribution in [2.45, 2.75) is 44.5 Å². The van der Waals surface area contributed by atoms with Crippen LogP contribution in [0.15, 0.2) is 0 Å². The highest BCUT2D eigenvalue weighted by Crippen LogP contribution is 2.49. The quantitative estimate of drug-likeness (QED) is 0.687. The summed E-state index contributed by atoms with van der Waals surface area (Å²) >= 11 is 0. The maximum atomic E-state index is 5.94. The Bertz CT molecular complexity index is 256. The Hall–Kier alpha value is -0.120. The molecule has 3 heteroatoms. The lowest BCUT2D eigenvalue weighted by Crippen LogP contribution is -2.57. The zero-order chi connectivity index (χ0) is 11.0. The van der Waals surface area contributed by atoms with Crippen LogP contribution in [-0.2, 0) is 14.2 Å². The average Bonchev–Trinajstić information content (AvgIpc) is 2.38. The van der Waals surface area contributed by atoms with Crippen LogP contribution < -0.4 is 0 Å². The SMILES string of the molecule is CO[C@]12OCCC[C@H]1[C@@H]1CCCC[C@H]1CO2. The van der Waals surface area contributed by atoms with Gasteiger partial charge in [-0.15, -0.1) is 0 Å². The van der Waals surface area contributed by atoms with Crippen molar-refractivity contribution in [3.8, 4) is 0 Å². The second kappa shape index (κ2) is 4.28. The lowest BCUT2D eigenvalue weighted by molar-refractivity contribution is -0.436. The van der Waals surface area contributed by atoms with E-state index in [9.17, 15) is 0 Å². The number of hydrogen-bond donors (Lipinski definition) is 0. The first kappa shape index (κ1) is 11.0. The number of hydrogen-bond acceptors (Lipinski definition) is 3. The maximum absolute atomic E-state index is 5.94. The van der Waals surface area contributed by atoms with Crippen molar-refractivity contribution in [2.75, 3.05) is 20.3 Å². The normalized spacial score (nSPS) is 48.2. The molecule has 0 amide bonds. The van der Waals surface area contributed by atoms with Gasteiger partial charge in [0.15, 0.2) is 0 Å². The Morgan fingerprint density at radius 3 is 2.81 bits per heavy atom. The van der Waals surface area contributed by atoms with E-state index in [1.54, 1.807) is 7.11 Å². The standard InChI is InChI=1S/C13H22O3/c1-14-13-12(7-4-8-15-13)11-6-3-2-5-10(11)9-16-13/h10-12H,2-9H2,1H3/t10-,11+,12-,13-/m0/s1. The molecule has 0 aromatic rings. The predicted molar refractivity (Wildman–Crippen MR) is 59.8 cm³/mol. The monoisotopic (exact) mass is 226 g/mol. The molecular weight excluding hydrogens is 204 g/mol. The van der Waals surface area contributed by atoms with Crippen LogP contribution in [0.4, 0.5) is 0 Å². The Morgan fingerprint density at radius 1 is 1.06 bits per heavy atom. The minimum absolute atomic E-state index is 0.463. The van der Waals surface area contributed by atoms with Gasteiger partial charge in [-0.2, -0.15) is 0 Å². The van der Waals surface area contributed by atoms with Gasteiger partial charge in [-0.3, -0.25) is 0 Å². The molecule has 0 N–H and O–H groups in total. The third kappa shape index (κ3) is 1.60. The summed E-state index contributed by atoms with van der Waals surface area (Å²) in [5.74, 6) is 1.29. The molecule has 0 bridgehead atoms. The number of rotatable bonds is 1. The van der Waals surface area contributed by atoms with Gasteiger partial charge in [-0.1, -0.05) is 12.8 Å². The fraction of sp³-hybridized carbons (Fsp3) is 1.00. The van der Waals surface area contributed by atoms with Gasteiger partial charge in [0.1, 0.15) is 0 Å². The molecule has 3 nitrogen and oxygen atoms in total. The van der Waals surface area contributed by atoms with E-state index in [0.717, 1.165) is 31.5 Å². The summed E-state index contributed by atoms with van der Waals surface area (Å²) in [5, 5.41) is 0. The van der Waals surface area contributed by atoms with E-state index in [4.69, 9.17) is 14.2 Å². The van der Waals surface area contributed by atoms with Crippen molar-refractivity contribution in [3.05, 3.63) is 0 Å². The van der Waals surface area contributed by atoms with E-state index in [-0.39, 0.29) is 0 Å². The summed E-state index contributed by atoms with van der Waals surface area (Å²) < 4.78 is 17.4. The number of ether oxygens (including phenoxy) is 3. The van der Waals surface area contributed by atoms with Crippen molar-refractivity contribution in [2.24, 2.45) is 17.8 Å². The van der Waals surface area contributed by atoms with Crippen molar-refractivity contribution in [1.82, 2.24) is 0 Å². The lowest BCUT2D eigenvalue weighted by atomic mass is 9.68. The molecule has 3 aliphatic rings. The minimum atomic E-state index is -0.698. The first-order valence-electron chi connectivity index (χ1n) is 6.69. The molecule has 16 heavy (non-hydrogen) atoms. The Balaban J connectivity index is 1.83. The fourth-order valence-electron chi connectivity index (χ4n) is 3.89. The molecule has 1 saturated carbocycles. The van der Waals surface area contributed by atoms with Crippen molar-refractivity contribution in [1.29, 1.82) is 0 Å². The van der Waals surface area contributed by atoms with Crippen molar-refractivity contribution in [3.63, 3.8) is 0 Å². The lowest BCUT2D eigenvalue weighted by Gasteiger charge is -2.52. The zero-order valence-corrected chi connectivity index (χ0v) is 10.1. The third-order valence-electron chi connectivity index (χ3n) is 4.68. The molecule has 92 valence electrons. The second-order valence-corrected chi connectivity index (χ2v) is 5.42. The first-order chi connectivity index (χ1) is 7.86. The van der Waals surface area contributed by atoms with Crippen LogP contribution in [0.25, 0.3) is 0 Å². The molecule has 1 aliphatic carbocycles. The highest BCUT2D eigenvalue weighted by Gasteiger charge is 2.53. The van der Waals surface area contributed by atoms with E-state index in [2.05, 4.69) is 0 Å². The fourth-order valence-corrected chi connectivity index (χ4v) is 3.89. The van der Waals surface area contributed by atoms with Crippen LogP contribution in [-0.4, -0.2) is 26.3 Å². The van der Waals surface area contributed by atoms with Crippen LogP contribution in [0.3, 0.4) is 0 Å². The van der Waals surface area contributed by atoms with Gasteiger partial charge in [0.2, 0.25) is 0 Å². The summed E-state index contributed by atoms with van der Waals surface area (Å²) in [7, 11) is 1.72. The Kier molecular flexibility index (Phi) is 2.94. The summed E-state index contributed by atoms with van der Waals surface area (Å²) in [4.78, 5) is 0. The molecule has 3 rings (SSSR count).